The molecule has 2 heterocycles. The first-order chi connectivity index (χ1) is 15.7. The first-order valence-electron chi connectivity index (χ1n) is 11.7. The maximum Gasteiger partial charge on any atom is 0.162 e. The Morgan fingerprint density at radius 3 is 2.53 bits per heavy atom. The lowest BCUT2D eigenvalue weighted by Gasteiger charge is -2.32. The number of ketones is 1. The normalized spacial score (nSPS) is 14.9. The SMILES string of the molecule is CCc1cncnc1Nc1ccc(C(=O)CCC2CCN(Cc3ccccc3)CC2)cc1. The highest BCUT2D eigenvalue weighted by Crippen LogP contribution is 2.25. The Balaban J connectivity index is 1.22. The van der Waals surface area contributed by atoms with Crippen molar-refractivity contribution < 1.29 is 4.79 Å². The van der Waals surface area contributed by atoms with Gasteiger partial charge in [0, 0.05) is 36.0 Å². The summed E-state index contributed by atoms with van der Waals surface area (Å²) in [6.07, 6.45) is 8.22. The summed E-state index contributed by atoms with van der Waals surface area (Å²) in [5.41, 5.74) is 4.17. The molecule has 0 amide bonds. The standard InChI is InChI=1S/C27H32N4O/c1-2-23-18-28-20-29-27(23)30-25-11-9-24(10-12-25)26(32)13-8-21-14-16-31(17-15-21)19-22-6-4-3-5-7-22/h3-7,9-12,18,20-21H,2,8,13-17,19H2,1H3,(H,28,29,30). The van der Waals surface area contributed by atoms with Crippen LogP contribution in [0.5, 0.6) is 0 Å². The van der Waals surface area contributed by atoms with E-state index in [2.05, 4.69) is 57.4 Å². The van der Waals surface area contributed by atoms with Gasteiger partial charge in [0.2, 0.25) is 0 Å². The zero-order chi connectivity index (χ0) is 22.2. The van der Waals surface area contributed by atoms with Crippen LogP contribution in [0.25, 0.3) is 0 Å². The maximum atomic E-state index is 12.7. The first kappa shape index (κ1) is 22.2. The minimum absolute atomic E-state index is 0.236. The van der Waals surface area contributed by atoms with E-state index in [1.807, 2.05) is 30.5 Å². The second-order valence-corrected chi connectivity index (χ2v) is 8.62. The molecule has 2 aromatic carbocycles. The van der Waals surface area contributed by atoms with Crippen molar-refractivity contribution in [2.45, 2.75) is 45.6 Å². The maximum absolute atomic E-state index is 12.7. The highest BCUT2D eigenvalue weighted by molar-refractivity contribution is 5.96. The number of nitrogens with zero attached hydrogens (tertiary/aromatic N) is 3. The van der Waals surface area contributed by atoms with Crippen LogP contribution in [0.1, 0.15) is 54.1 Å². The van der Waals surface area contributed by atoms with Crippen LogP contribution in [0.4, 0.5) is 11.5 Å². The number of carbonyl (C=O) groups excluding carboxylic acids is 1. The molecule has 0 spiro atoms. The predicted molar refractivity (Wildman–Crippen MR) is 129 cm³/mol. The molecule has 1 aliphatic heterocycles. The molecule has 166 valence electrons. The fourth-order valence-electron chi connectivity index (χ4n) is 4.36. The molecule has 0 bridgehead atoms. The second-order valence-electron chi connectivity index (χ2n) is 8.62. The van der Waals surface area contributed by atoms with Gasteiger partial charge in [0.1, 0.15) is 12.1 Å². The van der Waals surface area contributed by atoms with Gasteiger partial charge in [-0.15, -0.1) is 0 Å². The van der Waals surface area contributed by atoms with E-state index in [4.69, 9.17) is 0 Å². The zero-order valence-corrected chi connectivity index (χ0v) is 18.8. The fourth-order valence-corrected chi connectivity index (χ4v) is 4.36. The summed E-state index contributed by atoms with van der Waals surface area (Å²) in [4.78, 5) is 23.6. The number of piperidine rings is 1. The monoisotopic (exact) mass is 428 g/mol. The van der Waals surface area contributed by atoms with E-state index in [-0.39, 0.29) is 5.78 Å². The van der Waals surface area contributed by atoms with E-state index in [0.29, 0.717) is 12.3 Å². The van der Waals surface area contributed by atoms with Gasteiger partial charge in [0.15, 0.2) is 5.78 Å². The van der Waals surface area contributed by atoms with Crippen molar-refractivity contribution in [2.75, 3.05) is 18.4 Å². The van der Waals surface area contributed by atoms with E-state index in [1.54, 1.807) is 6.33 Å². The summed E-state index contributed by atoms with van der Waals surface area (Å²) in [5.74, 6) is 1.71. The van der Waals surface area contributed by atoms with Crippen LogP contribution < -0.4 is 5.32 Å². The molecule has 1 aromatic heterocycles. The summed E-state index contributed by atoms with van der Waals surface area (Å²) >= 11 is 0. The number of nitrogens with one attached hydrogen (secondary N) is 1. The van der Waals surface area contributed by atoms with Crippen LogP contribution >= 0.6 is 0 Å². The molecular formula is C27H32N4O. The van der Waals surface area contributed by atoms with Crippen LogP contribution in [0, 0.1) is 5.92 Å². The van der Waals surface area contributed by atoms with Crippen molar-refractivity contribution in [3.63, 3.8) is 0 Å². The molecule has 5 heteroatoms. The predicted octanol–water partition coefficient (Wildman–Crippen LogP) is 5.66. The number of hydrogen-bond donors (Lipinski definition) is 1. The molecule has 3 aromatic rings. The highest BCUT2D eigenvalue weighted by atomic mass is 16.1. The minimum atomic E-state index is 0.236. The zero-order valence-electron chi connectivity index (χ0n) is 18.8. The number of benzene rings is 2. The Labute approximate surface area is 190 Å². The van der Waals surface area contributed by atoms with Crippen molar-refractivity contribution >= 4 is 17.3 Å². The van der Waals surface area contributed by atoms with E-state index in [9.17, 15) is 4.79 Å². The minimum Gasteiger partial charge on any atom is -0.340 e. The van der Waals surface area contributed by atoms with E-state index in [0.717, 1.165) is 55.1 Å². The largest absolute Gasteiger partial charge is 0.340 e. The number of hydrogen-bond acceptors (Lipinski definition) is 5. The van der Waals surface area contributed by atoms with Crippen LogP contribution in [-0.4, -0.2) is 33.7 Å². The van der Waals surface area contributed by atoms with E-state index in [1.165, 1.54) is 18.4 Å². The molecule has 0 unspecified atom stereocenters. The molecule has 0 radical (unpaired) electrons. The van der Waals surface area contributed by atoms with Crippen molar-refractivity contribution in [2.24, 2.45) is 5.92 Å². The Bertz CT molecular complexity index is 996. The number of Topliss-reactive ketones (excluding diaryl/α,β-unsaturated/α-hetero) is 1. The van der Waals surface area contributed by atoms with Crippen LogP contribution in [-0.2, 0) is 13.0 Å². The molecule has 0 atom stereocenters. The second kappa shape index (κ2) is 11.0. The van der Waals surface area contributed by atoms with Gasteiger partial charge in [-0.1, -0.05) is 37.3 Å². The topological polar surface area (TPSA) is 58.1 Å². The van der Waals surface area contributed by atoms with Gasteiger partial charge >= 0.3 is 0 Å². The smallest absolute Gasteiger partial charge is 0.162 e. The van der Waals surface area contributed by atoms with Gasteiger partial charge in [-0.3, -0.25) is 9.69 Å². The summed E-state index contributed by atoms with van der Waals surface area (Å²) in [6, 6.07) is 18.4. The van der Waals surface area contributed by atoms with Crippen LogP contribution in [0.3, 0.4) is 0 Å². The third-order valence-electron chi connectivity index (χ3n) is 6.37. The third-order valence-corrected chi connectivity index (χ3v) is 6.37. The lowest BCUT2D eigenvalue weighted by atomic mass is 9.90. The summed E-state index contributed by atoms with van der Waals surface area (Å²) < 4.78 is 0. The highest BCUT2D eigenvalue weighted by Gasteiger charge is 2.20. The van der Waals surface area contributed by atoms with Crippen molar-refractivity contribution in [1.82, 2.24) is 14.9 Å². The summed E-state index contributed by atoms with van der Waals surface area (Å²) in [7, 11) is 0. The number of rotatable bonds is 9. The van der Waals surface area contributed by atoms with Crippen LogP contribution in [0.15, 0.2) is 67.1 Å². The quantitative estimate of drug-likeness (QED) is 0.446. The molecule has 0 saturated carbocycles. The number of anilines is 2. The average Bonchev–Trinajstić information content (AvgIpc) is 2.85. The van der Waals surface area contributed by atoms with Gasteiger partial charge < -0.3 is 5.32 Å². The first-order valence-corrected chi connectivity index (χ1v) is 11.7. The third kappa shape index (κ3) is 6.01. The van der Waals surface area contributed by atoms with Gasteiger partial charge in [0.05, 0.1) is 0 Å². The molecule has 1 fully saturated rings. The average molecular weight is 429 g/mol. The van der Waals surface area contributed by atoms with Crippen molar-refractivity contribution in [1.29, 1.82) is 0 Å². The number of likely N-dealkylation sites (tertiary alicyclic amines) is 1. The van der Waals surface area contributed by atoms with Crippen molar-refractivity contribution in [3.8, 4) is 0 Å². The number of aryl methyl sites for hydroxylation is 1. The Morgan fingerprint density at radius 2 is 1.81 bits per heavy atom. The lowest BCUT2D eigenvalue weighted by molar-refractivity contribution is 0.0961. The van der Waals surface area contributed by atoms with E-state index >= 15 is 0 Å². The fraction of sp³-hybridized carbons (Fsp3) is 0.370. The Hall–Kier alpha value is -3.05. The number of aromatic nitrogens is 2. The molecular weight excluding hydrogens is 396 g/mol. The van der Waals surface area contributed by atoms with Gasteiger partial charge in [-0.2, -0.15) is 0 Å². The summed E-state index contributed by atoms with van der Waals surface area (Å²) in [5, 5.41) is 3.33. The van der Waals surface area contributed by atoms with Gasteiger partial charge in [-0.05, 0) is 74.5 Å². The molecule has 4 rings (SSSR count). The van der Waals surface area contributed by atoms with E-state index < -0.39 is 0 Å². The Kier molecular flexibility index (Phi) is 7.62. The summed E-state index contributed by atoms with van der Waals surface area (Å²) in [6.45, 7) is 5.36. The van der Waals surface area contributed by atoms with Gasteiger partial charge in [0.25, 0.3) is 0 Å². The van der Waals surface area contributed by atoms with Crippen molar-refractivity contribution in [3.05, 3.63) is 83.8 Å². The molecule has 1 saturated heterocycles. The number of carbonyl (C=O) groups is 1. The molecule has 1 N–H and O–H groups in total. The molecule has 1 aliphatic rings. The van der Waals surface area contributed by atoms with Crippen LogP contribution in [0.2, 0.25) is 0 Å². The molecule has 0 aliphatic carbocycles. The lowest BCUT2D eigenvalue weighted by Crippen LogP contribution is -2.33. The molecule has 32 heavy (non-hydrogen) atoms. The van der Waals surface area contributed by atoms with Gasteiger partial charge in [-0.25, -0.2) is 9.97 Å². The molecule has 5 nitrogen and oxygen atoms in total. The Morgan fingerprint density at radius 1 is 1.06 bits per heavy atom.